The van der Waals surface area contributed by atoms with E-state index >= 15 is 0 Å². The Bertz CT molecular complexity index is 1620. The van der Waals surface area contributed by atoms with Gasteiger partial charge in [0.15, 0.2) is 0 Å². The van der Waals surface area contributed by atoms with Gasteiger partial charge in [0.05, 0.1) is 33.8 Å². The van der Waals surface area contributed by atoms with Gasteiger partial charge in [-0.3, -0.25) is 14.2 Å². The number of hydrogen-bond acceptors (Lipinski definition) is 7. The zero-order valence-electron chi connectivity index (χ0n) is 49.9. The van der Waals surface area contributed by atoms with Crippen LogP contribution in [0.15, 0.2) is 97.2 Å². The molecule has 0 bridgehead atoms. The van der Waals surface area contributed by atoms with Gasteiger partial charge in [-0.05, 0) is 102 Å². The van der Waals surface area contributed by atoms with E-state index in [4.69, 9.17) is 13.8 Å². The summed E-state index contributed by atoms with van der Waals surface area (Å²) in [6.45, 7) is 6.65. The van der Waals surface area contributed by atoms with Crippen molar-refractivity contribution >= 4 is 19.7 Å². The number of hydrogen-bond donors (Lipinski definition) is 1. The average molecular weight is 1080 g/mol. The van der Waals surface area contributed by atoms with Crippen LogP contribution in [-0.2, 0) is 27.9 Å². The molecule has 0 saturated carbocycles. The highest BCUT2D eigenvalue weighted by Crippen LogP contribution is 2.38. The second-order valence-corrected chi connectivity index (χ2v) is 23.2. The number of unbranched alkanes of at least 4 members (excludes halogenated alkanes) is 25. The van der Waals surface area contributed by atoms with Crippen LogP contribution in [0.2, 0.25) is 0 Å². The first kappa shape index (κ1) is 72.9. The molecule has 0 saturated heterocycles. The lowest BCUT2D eigenvalue weighted by atomic mass is 10.0. The number of rotatable bonds is 55. The van der Waals surface area contributed by atoms with Crippen molar-refractivity contribution in [2.24, 2.45) is 0 Å². The van der Waals surface area contributed by atoms with Crippen LogP contribution in [0.1, 0.15) is 258 Å². The molecule has 0 aromatic rings. The van der Waals surface area contributed by atoms with Crippen molar-refractivity contribution in [3.8, 4) is 0 Å². The van der Waals surface area contributed by atoms with Crippen LogP contribution in [0.25, 0.3) is 0 Å². The number of allylic oxidation sites excluding steroid dienone is 15. The fourth-order valence-electron chi connectivity index (χ4n) is 8.47. The van der Waals surface area contributed by atoms with Crippen molar-refractivity contribution in [2.45, 2.75) is 270 Å². The number of amides is 1. The maximum absolute atomic E-state index is 13.5. The van der Waals surface area contributed by atoms with E-state index in [9.17, 15) is 19.0 Å². The molecule has 438 valence electrons. The second kappa shape index (κ2) is 55.3. The molecule has 1 amide bonds. The Balaban J connectivity index is 5.32. The van der Waals surface area contributed by atoms with Gasteiger partial charge in [-0.2, -0.15) is 0 Å². The van der Waals surface area contributed by atoms with Gasteiger partial charge in [0.2, 0.25) is 5.91 Å². The van der Waals surface area contributed by atoms with E-state index in [1.165, 1.54) is 128 Å². The van der Waals surface area contributed by atoms with E-state index in [1.807, 2.05) is 33.3 Å². The quantitative estimate of drug-likeness (QED) is 0.0212. The first-order valence-electron chi connectivity index (χ1n) is 31.0. The topological polar surface area (TPSA) is 114 Å². The molecule has 1 N–H and O–H groups in total. The van der Waals surface area contributed by atoms with Gasteiger partial charge < -0.3 is 28.5 Å². The molecule has 76 heavy (non-hydrogen) atoms. The number of nitrogens with zero attached hydrogens (tertiary/aromatic N) is 1. The SMILES string of the molecule is CC/C=C\C/C=C\C/C=C\C/C=C\C/C=C\CCCC(=O)NC(COP(=O)([O-])OCC[N+](C)(C)C)C(/C=C/CCCCCCCCCCCC)OC(=O)CCCCCCCCCCCCC/C=C\C/C=C\CCCCC. The molecule has 0 heterocycles. The van der Waals surface area contributed by atoms with Crippen molar-refractivity contribution in [1.82, 2.24) is 5.32 Å². The van der Waals surface area contributed by atoms with Crippen LogP contribution in [0.3, 0.4) is 0 Å². The van der Waals surface area contributed by atoms with E-state index in [0.717, 1.165) is 89.9 Å². The summed E-state index contributed by atoms with van der Waals surface area (Å²) in [5, 5.41) is 2.99. The largest absolute Gasteiger partial charge is 0.756 e. The van der Waals surface area contributed by atoms with E-state index in [2.05, 4.69) is 111 Å². The van der Waals surface area contributed by atoms with E-state index in [-0.39, 0.29) is 31.3 Å². The summed E-state index contributed by atoms with van der Waals surface area (Å²) >= 11 is 0. The minimum absolute atomic E-state index is 0.0372. The molecule has 0 aromatic carbocycles. The zero-order valence-corrected chi connectivity index (χ0v) is 50.8. The number of carbonyl (C=O) groups is 2. The highest BCUT2D eigenvalue weighted by atomic mass is 31.2. The van der Waals surface area contributed by atoms with Crippen molar-refractivity contribution in [3.63, 3.8) is 0 Å². The monoisotopic (exact) mass is 1080 g/mol. The van der Waals surface area contributed by atoms with Gasteiger partial charge in [-0.1, -0.05) is 240 Å². The Kier molecular flexibility index (Phi) is 53.0. The minimum Gasteiger partial charge on any atom is -0.756 e. The van der Waals surface area contributed by atoms with Crippen molar-refractivity contribution < 1.29 is 37.3 Å². The lowest BCUT2D eigenvalue weighted by molar-refractivity contribution is -0.870. The Morgan fingerprint density at radius 1 is 0.474 bits per heavy atom. The Morgan fingerprint density at radius 3 is 1.32 bits per heavy atom. The number of carbonyl (C=O) groups excluding carboxylic acids is 2. The summed E-state index contributed by atoms with van der Waals surface area (Å²) in [7, 11) is 1.14. The normalized spacial score (nSPS) is 14.4. The number of phosphoric acid groups is 1. The number of likely N-dealkylation sites (N-methyl/N-ethyl adjacent to an activating group) is 1. The number of quaternary nitrogens is 1. The summed E-state index contributed by atoms with van der Waals surface area (Å²) < 4.78 is 30.3. The third-order valence-corrected chi connectivity index (χ3v) is 14.2. The maximum atomic E-state index is 13.5. The molecular weight excluding hydrogens is 964 g/mol. The second-order valence-electron chi connectivity index (χ2n) is 21.8. The number of esters is 1. The van der Waals surface area contributed by atoms with Crippen molar-refractivity contribution in [1.29, 1.82) is 0 Å². The summed E-state index contributed by atoms with van der Waals surface area (Å²) in [5.74, 6) is -0.613. The van der Waals surface area contributed by atoms with E-state index in [0.29, 0.717) is 17.4 Å². The number of nitrogens with one attached hydrogen (secondary N) is 1. The van der Waals surface area contributed by atoms with Gasteiger partial charge in [0.25, 0.3) is 7.82 Å². The molecule has 0 aromatic heterocycles. The Labute approximate surface area is 468 Å². The zero-order chi connectivity index (χ0) is 55.7. The van der Waals surface area contributed by atoms with Gasteiger partial charge in [0.1, 0.15) is 19.3 Å². The molecule has 0 aliphatic heterocycles. The first-order chi connectivity index (χ1) is 36.9. The average Bonchev–Trinajstić information content (AvgIpc) is 3.38. The smallest absolute Gasteiger partial charge is 0.306 e. The predicted octanol–water partition coefficient (Wildman–Crippen LogP) is 18.5. The van der Waals surface area contributed by atoms with Crippen LogP contribution in [-0.4, -0.2) is 69.4 Å². The van der Waals surface area contributed by atoms with Gasteiger partial charge in [-0.15, -0.1) is 0 Å². The van der Waals surface area contributed by atoms with Gasteiger partial charge in [0, 0.05) is 12.8 Å². The summed E-state index contributed by atoms with van der Waals surface area (Å²) in [6, 6.07) is -0.924. The molecule has 0 fully saturated rings. The minimum atomic E-state index is -4.72. The van der Waals surface area contributed by atoms with E-state index < -0.39 is 26.6 Å². The Hall–Kier alpha value is -3.07. The maximum Gasteiger partial charge on any atom is 0.306 e. The summed E-state index contributed by atoms with van der Waals surface area (Å²) in [5.41, 5.74) is 0. The molecule has 0 rings (SSSR count). The molecule has 10 heteroatoms. The van der Waals surface area contributed by atoms with Crippen molar-refractivity contribution in [3.05, 3.63) is 97.2 Å². The van der Waals surface area contributed by atoms with Gasteiger partial charge in [-0.25, -0.2) is 0 Å². The molecule has 3 atom stereocenters. The third kappa shape index (κ3) is 55.7. The van der Waals surface area contributed by atoms with E-state index in [1.54, 1.807) is 0 Å². The number of phosphoric ester groups is 1. The summed E-state index contributed by atoms with van der Waals surface area (Å²) in [4.78, 5) is 40.0. The standard InChI is InChI=1S/C66H117N2O7P/c1-7-10-13-16-19-22-25-28-30-32-33-34-35-37-39-41-44-47-50-53-56-59-66(70)75-64(57-54-51-48-45-42-27-24-21-18-15-12-9-3)63(62-74-76(71,72)73-61-60-68(4,5)6)67-65(69)58-55-52-49-46-43-40-38-36-31-29-26-23-20-17-14-11-8-2/h11,14,19-20,22-23,28-31,38,40,46,49,54,57,63-64H,7-10,12-13,15-18,21,24-27,32-37,39,41-45,47-48,50-53,55-56,58-62H2,1-6H3,(H-,67,69,71,72)/b14-11-,22-19-,23-20-,30-28-,31-29-,40-38-,49-46-,57-54+. The van der Waals surface area contributed by atoms with Crippen LogP contribution in [0.4, 0.5) is 0 Å². The van der Waals surface area contributed by atoms with Crippen LogP contribution in [0, 0.1) is 0 Å². The summed E-state index contributed by atoms with van der Waals surface area (Å²) in [6.07, 6.45) is 73.8. The van der Waals surface area contributed by atoms with Crippen LogP contribution >= 0.6 is 7.82 Å². The highest BCUT2D eigenvalue weighted by Gasteiger charge is 2.27. The molecule has 3 unspecified atom stereocenters. The molecule has 0 aliphatic rings. The fraction of sp³-hybridized carbons (Fsp3) is 0.727. The predicted molar refractivity (Wildman–Crippen MR) is 325 cm³/mol. The fourth-order valence-corrected chi connectivity index (χ4v) is 9.19. The van der Waals surface area contributed by atoms with Crippen LogP contribution in [0.5, 0.6) is 0 Å². The molecular formula is C66H117N2O7P. The molecule has 9 nitrogen and oxygen atoms in total. The lowest BCUT2D eigenvalue weighted by Crippen LogP contribution is -2.47. The molecule has 0 spiro atoms. The first-order valence-corrected chi connectivity index (χ1v) is 32.5. The Morgan fingerprint density at radius 2 is 0.855 bits per heavy atom. The van der Waals surface area contributed by atoms with Crippen LogP contribution < -0.4 is 10.2 Å². The highest BCUT2D eigenvalue weighted by molar-refractivity contribution is 7.45. The molecule has 0 radical (unpaired) electrons. The van der Waals surface area contributed by atoms with Gasteiger partial charge >= 0.3 is 5.97 Å². The number of ether oxygens (including phenoxy) is 1. The lowest BCUT2D eigenvalue weighted by Gasteiger charge is -2.30. The third-order valence-electron chi connectivity index (χ3n) is 13.2. The van der Waals surface area contributed by atoms with Crippen molar-refractivity contribution in [2.75, 3.05) is 40.9 Å². The molecule has 0 aliphatic carbocycles.